The Bertz CT molecular complexity index is 568. The SMILES string of the molecule is COCC(O)CCNCc1cnc2nc(C)cc(C)n12. The Morgan fingerprint density at radius 2 is 2.25 bits per heavy atom. The molecule has 1 atom stereocenters. The molecule has 6 nitrogen and oxygen atoms in total. The maximum absolute atomic E-state index is 9.56. The maximum atomic E-state index is 9.56. The molecule has 0 aromatic carbocycles. The molecule has 6 heteroatoms. The van der Waals surface area contributed by atoms with Crippen LogP contribution in [-0.2, 0) is 11.3 Å². The second-order valence-corrected chi connectivity index (χ2v) is 5.00. The van der Waals surface area contributed by atoms with Crippen LogP contribution in [0.4, 0.5) is 0 Å². The van der Waals surface area contributed by atoms with Crippen molar-refractivity contribution < 1.29 is 9.84 Å². The lowest BCUT2D eigenvalue weighted by Crippen LogP contribution is -2.23. The van der Waals surface area contributed by atoms with Gasteiger partial charge in [-0.15, -0.1) is 0 Å². The third-order valence-corrected chi connectivity index (χ3v) is 3.18. The van der Waals surface area contributed by atoms with Crippen LogP contribution in [0, 0.1) is 13.8 Å². The lowest BCUT2D eigenvalue weighted by Gasteiger charge is -2.10. The highest BCUT2D eigenvalue weighted by Crippen LogP contribution is 2.10. The highest BCUT2D eigenvalue weighted by atomic mass is 16.5. The highest BCUT2D eigenvalue weighted by molar-refractivity contribution is 5.35. The van der Waals surface area contributed by atoms with Gasteiger partial charge in [0.05, 0.1) is 24.6 Å². The number of imidazole rings is 1. The fourth-order valence-corrected chi connectivity index (χ4v) is 2.28. The van der Waals surface area contributed by atoms with Gasteiger partial charge in [0.2, 0.25) is 5.78 Å². The molecule has 0 aliphatic carbocycles. The van der Waals surface area contributed by atoms with Crippen molar-refractivity contribution >= 4 is 5.78 Å². The van der Waals surface area contributed by atoms with E-state index in [1.807, 2.05) is 23.6 Å². The van der Waals surface area contributed by atoms with Crippen molar-refractivity contribution in [3.05, 3.63) is 29.3 Å². The highest BCUT2D eigenvalue weighted by Gasteiger charge is 2.08. The average molecular weight is 278 g/mol. The van der Waals surface area contributed by atoms with Gasteiger partial charge >= 0.3 is 0 Å². The summed E-state index contributed by atoms with van der Waals surface area (Å²) >= 11 is 0. The van der Waals surface area contributed by atoms with Crippen LogP contribution in [0.25, 0.3) is 5.78 Å². The molecule has 2 N–H and O–H groups in total. The number of fused-ring (bicyclic) bond motifs is 1. The van der Waals surface area contributed by atoms with Crippen LogP contribution in [0.5, 0.6) is 0 Å². The second-order valence-electron chi connectivity index (χ2n) is 5.00. The number of methoxy groups -OCH3 is 1. The molecule has 2 heterocycles. The van der Waals surface area contributed by atoms with Crippen LogP contribution in [0.15, 0.2) is 12.3 Å². The van der Waals surface area contributed by atoms with Gasteiger partial charge in [-0.25, -0.2) is 9.97 Å². The summed E-state index contributed by atoms with van der Waals surface area (Å²) in [5.74, 6) is 0.735. The largest absolute Gasteiger partial charge is 0.391 e. The van der Waals surface area contributed by atoms with Gasteiger partial charge in [-0.1, -0.05) is 0 Å². The van der Waals surface area contributed by atoms with Crippen molar-refractivity contribution in [1.29, 1.82) is 0 Å². The molecule has 110 valence electrons. The molecule has 2 aromatic rings. The first-order chi connectivity index (χ1) is 9.61. The van der Waals surface area contributed by atoms with E-state index in [-0.39, 0.29) is 0 Å². The summed E-state index contributed by atoms with van der Waals surface area (Å²) in [6.07, 6.45) is 2.09. The molecule has 0 fully saturated rings. The van der Waals surface area contributed by atoms with Gasteiger partial charge in [0.25, 0.3) is 0 Å². The van der Waals surface area contributed by atoms with Crippen LogP contribution in [0.1, 0.15) is 23.5 Å². The molecule has 1 unspecified atom stereocenters. The number of nitrogens with zero attached hydrogens (tertiary/aromatic N) is 3. The van der Waals surface area contributed by atoms with E-state index >= 15 is 0 Å². The quantitative estimate of drug-likeness (QED) is 0.734. The minimum atomic E-state index is -0.416. The molecule has 0 aliphatic heterocycles. The van der Waals surface area contributed by atoms with E-state index in [9.17, 15) is 5.11 Å². The molecule has 0 radical (unpaired) electrons. The van der Waals surface area contributed by atoms with Crippen LogP contribution in [0.3, 0.4) is 0 Å². The summed E-state index contributed by atoms with van der Waals surface area (Å²) in [5, 5.41) is 12.9. The fourth-order valence-electron chi connectivity index (χ4n) is 2.28. The van der Waals surface area contributed by atoms with Crippen LogP contribution < -0.4 is 5.32 Å². The van der Waals surface area contributed by atoms with Gasteiger partial charge in [-0.05, 0) is 32.9 Å². The van der Waals surface area contributed by atoms with Gasteiger partial charge in [-0.2, -0.15) is 0 Å². The van der Waals surface area contributed by atoms with Crippen molar-refractivity contribution in [3.8, 4) is 0 Å². The molecular weight excluding hydrogens is 256 g/mol. The normalized spacial score (nSPS) is 13.0. The number of aliphatic hydroxyl groups is 1. The number of aromatic nitrogens is 3. The number of ether oxygens (including phenoxy) is 1. The predicted molar refractivity (Wildman–Crippen MR) is 76.7 cm³/mol. The lowest BCUT2D eigenvalue weighted by atomic mass is 10.2. The van der Waals surface area contributed by atoms with E-state index in [0.29, 0.717) is 19.6 Å². The van der Waals surface area contributed by atoms with Crippen molar-refractivity contribution in [2.45, 2.75) is 32.9 Å². The first-order valence-corrected chi connectivity index (χ1v) is 6.80. The Morgan fingerprint density at radius 3 is 3.00 bits per heavy atom. The molecule has 0 saturated carbocycles. The van der Waals surface area contributed by atoms with Crippen molar-refractivity contribution in [3.63, 3.8) is 0 Å². The molecular formula is C14H22N4O2. The summed E-state index contributed by atoms with van der Waals surface area (Å²) in [4.78, 5) is 8.73. The maximum Gasteiger partial charge on any atom is 0.234 e. The number of rotatable bonds is 7. The molecule has 0 spiro atoms. The number of hydrogen-bond donors (Lipinski definition) is 2. The molecule has 0 aliphatic rings. The lowest BCUT2D eigenvalue weighted by molar-refractivity contribution is 0.0594. The number of hydrogen-bond acceptors (Lipinski definition) is 5. The molecule has 0 amide bonds. The smallest absolute Gasteiger partial charge is 0.234 e. The Hall–Kier alpha value is -1.50. The van der Waals surface area contributed by atoms with E-state index in [2.05, 4.69) is 22.2 Å². The minimum absolute atomic E-state index is 0.375. The number of nitrogens with one attached hydrogen (secondary N) is 1. The first-order valence-electron chi connectivity index (χ1n) is 6.80. The monoisotopic (exact) mass is 278 g/mol. The van der Waals surface area contributed by atoms with E-state index in [1.165, 1.54) is 0 Å². The topological polar surface area (TPSA) is 71.7 Å². The Morgan fingerprint density at radius 1 is 1.45 bits per heavy atom. The van der Waals surface area contributed by atoms with Gasteiger partial charge in [0.1, 0.15) is 0 Å². The first kappa shape index (κ1) is 14.9. The summed E-state index contributed by atoms with van der Waals surface area (Å²) in [6.45, 7) is 5.83. The zero-order chi connectivity index (χ0) is 14.5. The summed E-state index contributed by atoms with van der Waals surface area (Å²) < 4.78 is 6.94. The Labute approximate surface area is 118 Å². The summed E-state index contributed by atoms with van der Waals surface area (Å²) in [5.41, 5.74) is 3.18. The predicted octanol–water partition coefficient (Wildman–Crippen LogP) is 0.833. The minimum Gasteiger partial charge on any atom is -0.391 e. The van der Waals surface area contributed by atoms with Gasteiger partial charge in [-0.3, -0.25) is 4.40 Å². The second kappa shape index (κ2) is 6.78. The molecule has 2 rings (SSSR count). The van der Waals surface area contributed by atoms with Crippen molar-refractivity contribution in [2.24, 2.45) is 0 Å². The Balaban J connectivity index is 1.94. The van der Waals surface area contributed by atoms with Crippen molar-refractivity contribution in [1.82, 2.24) is 19.7 Å². The molecule has 20 heavy (non-hydrogen) atoms. The molecule has 2 aromatic heterocycles. The number of aryl methyl sites for hydroxylation is 2. The zero-order valence-electron chi connectivity index (χ0n) is 12.3. The molecule has 0 bridgehead atoms. The average Bonchev–Trinajstić information content (AvgIpc) is 2.78. The standard InChI is InChI=1S/C14H22N4O2/c1-10-6-11(2)18-12(8-16-14(18)17-10)7-15-5-4-13(19)9-20-3/h6,8,13,15,19H,4-5,7,9H2,1-3H3. The van der Waals surface area contributed by atoms with E-state index in [4.69, 9.17) is 4.74 Å². The number of aliphatic hydroxyl groups excluding tert-OH is 1. The van der Waals surface area contributed by atoms with Gasteiger partial charge in [0, 0.05) is 25.0 Å². The fraction of sp³-hybridized carbons (Fsp3) is 0.571. The van der Waals surface area contributed by atoms with Crippen molar-refractivity contribution in [2.75, 3.05) is 20.3 Å². The Kier molecular flexibility index (Phi) is 5.05. The third kappa shape index (κ3) is 3.53. The van der Waals surface area contributed by atoms with E-state index in [1.54, 1.807) is 7.11 Å². The van der Waals surface area contributed by atoms with Crippen LogP contribution in [-0.4, -0.2) is 45.8 Å². The summed E-state index contributed by atoms with van der Waals surface area (Å²) in [6, 6.07) is 2.04. The van der Waals surface area contributed by atoms with Gasteiger partial charge in [0.15, 0.2) is 0 Å². The molecule has 0 saturated heterocycles. The van der Waals surface area contributed by atoms with Gasteiger partial charge < -0.3 is 15.2 Å². The third-order valence-electron chi connectivity index (χ3n) is 3.18. The van der Waals surface area contributed by atoms with Crippen LogP contribution in [0.2, 0.25) is 0 Å². The van der Waals surface area contributed by atoms with Crippen LogP contribution >= 0.6 is 0 Å². The van der Waals surface area contributed by atoms with E-state index < -0.39 is 6.10 Å². The van der Waals surface area contributed by atoms with E-state index in [0.717, 1.165) is 29.4 Å². The zero-order valence-corrected chi connectivity index (χ0v) is 12.3. The summed E-state index contributed by atoms with van der Waals surface area (Å²) in [7, 11) is 1.59.